The number of halogens is 5. The van der Waals surface area contributed by atoms with Gasteiger partial charge in [-0.2, -0.15) is 21.6 Å². The molecule has 230 valence electrons. The van der Waals surface area contributed by atoms with Crippen molar-refractivity contribution in [3.63, 3.8) is 0 Å². The van der Waals surface area contributed by atoms with E-state index in [0.717, 1.165) is 11.1 Å². The number of hydrogen-bond donors (Lipinski definition) is 2. The van der Waals surface area contributed by atoms with E-state index in [-0.39, 0.29) is 11.3 Å². The summed E-state index contributed by atoms with van der Waals surface area (Å²) in [6, 6.07) is 24.4. The number of benzene rings is 4. The van der Waals surface area contributed by atoms with Crippen LogP contribution in [0.2, 0.25) is 10.0 Å². The lowest BCUT2D eigenvalue weighted by atomic mass is 10.0. The van der Waals surface area contributed by atoms with Crippen LogP contribution in [0.1, 0.15) is 27.3 Å². The smallest absolute Gasteiger partial charge is 0.478 e. The van der Waals surface area contributed by atoms with E-state index in [1.807, 2.05) is 16.8 Å². The molecular formula is C32H22Cl2F3N3O4S. The third kappa shape index (κ3) is 7.56. The number of carboxylic acids is 1. The molecule has 4 aromatic carbocycles. The Kier molecular flexibility index (Phi) is 9.06. The maximum absolute atomic E-state index is 12.8. The second-order valence-corrected chi connectivity index (χ2v) is 12.3. The van der Waals surface area contributed by atoms with Crippen LogP contribution in [0.15, 0.2) is 97.2 Å². The van der Waals surface area contributed by atoms with Gasteiger partial charge in [0.1, 0.15) is 5.82 Å². The molecule has 0 aliphatic rings. The molecule has 45 heavy (non-hydrogen) atoms. The Morgan fingerprint density at radius 3 is 2.27 bits per heavy atom. The van der Waals surface area contributed by atoms with E-state index < -0.39 is 21.5 Å². The number of alkyl halides is 3. The fourth-order valence-electron chi connectivity index (χ4n) is 4.40. The molecule has 0 bridgehead atoms. The van der Waals surface area contributed by atoms with Crippen LogP contribution in [0.5, 0.6) is 0 Å². The van der Waals surface area contributed by atoms with Gasteiger partial charge in [-0.1, -0.05) is 77.8 Å². The molecule has 0 amide bonds. The number of carboxylic acid groups (broad SMARTS) is 1. The lowest BCUT2D eigenvalue weighted by molar-refractivity contribution is -0.0429. The standard InChI is InChI=1S/C32H22Cl2F3N3O4S/c33-25-13-14-27(28(34)17-25)29-19-40(18-21-6-11-23(12-7-21)31(41)42)30(38-29)15-8-20-4-9-22(10-5-20)24-2-1-3-26(16-24)39-45(43,44)32(35,36)37/h1-17,19,39H,18H2,(H,41,42)/b15-8+. The van der Waals surface area contributed by atoms with Crippen LogP contribution in [0.3, 0.4) is 0 Å². The zero-order chi connectivity index (χ0) is 32.4. The van der Waals surface area contributed by atoms with Gasteiger partial charge < -0.3 is 9.67 Å². The first kappa shape index (κ1) is 31.8. The number of rotatable bonds is 9. The molecule has 0 aliphatic carbocycles. The van der Waals surface area contributed by atoms with Gasteiger partial charge in [0.05, 0.1) is 16.3 Å². The van der Waals surface area contributed by atoms with Gasteiger partial charge in [0, 0.05) is 29.0 Å². The van der Waals surface area contributed by atoms with Gasteiger partial charge in [-0.25, -0.2) is 9.78 Å². The predicted molar refractivity (Wildman–Crippen MR) is 170 cm³/mol. The van der Waals surface area contributed by atoms with E-state index in [2.05, 4.69) is 0 Å². The summed E-state index contributed by atoms with van der Waals surface area (Å²) in [4.78, 5) is 16.0. The van der Waals surface area contributed by atoms with Crippen LogP contribution in [-0.2, 0) is 16.6 Å². The van der Waals surface area contributed by atoms with Crippen molar-refractivity contribution in [3.8, 4) is 22.4 Å². The predicted octanol–water partition coefficient (Wildman–Crippen LogP) is 8.70. The van der Waals surface area contributed by atoms with Crippen LogP contribution in [0.4, 0.5) is 18.9 Å². The average molecular weight is 673 g/mol. The second-order valence-electron chi connectivity index (χ2n) is 9.83. The maximum Gasteiger partial charge on any atom is 0.516 e. The highest BCUT2D eigenvalue weighted by Crippen LogP contribution is 2.31. The molecule has 0 saturated carbocycles. The summed E-state index contributed by atoms with van der Waals surface area (Å²) in [6.07, 6.45) is 5.47. The number of carbonyl (C=O) groups is 1. The molecule has 5 rings (SSSR count). The van der Waals surface area contributed by atoms with Gasteiger partial charge in [0.25, 0.3) is 0 Å². The highest BCUT2D eigenvalue weighted by Gasteiger charge is 2.46. The number of aromatic nitrogens is 2. The first-order valence-corrected chi connectivity index (χ1v) is 15.4. The first-order chi connectivity index (χ1) is 21.3. The Hall–Kier alpha value is -4.58. The molecule has 2 N–H and O–H groups in total. The van der Waals surface area contributed by atoms with Gasteiger partial charge in [-0.3, -0.25) is 4.72 Å². The molecule has 13 heteroatoms. The molecular weight excluding hydrogens is 650 g/mol. The van der Waals surface area contributed by atoms with Gasteiger partial charge >= 0.3 is 21.5 Å². The zero-order valence-electron chi connectivity index (χ0n) is 23.0. The molecule has 5 aromatic rings. The van der Waals surface area contributed by atoms with E-state index >= 15 is 0 Å². The van der Waals surface area contributed by atoms with Crippen molar-refractivity contribution in [1.29, 1.82) is 0 Å². The van der Waals surface area contributed by atoms with Crippen molar-refractivity contribution in [3.05, 3.63) is 130 Å². The van der Waals surface area contributed by atoms with E-state index in [4.69, 9.17) is 28.2 Å². The van der Waals surface area contributed by atoms with Crippen molar-refractivity contribution in [2.24, 2.45) is 0 Å². The largest absolute Gasteiger partial charge is 0.516 e. The van der Waals surface area contributed by atoms with Crippen molar-refractivity contribution in [2.75, 3.05) is 4.72 Å². The summed E-state index contributed by atoms with van der Waals surface area (Å²) in [5.74, 6) is -0.427. The quantitative estimate of drug-likeness (QED) is 0.163. The van der Waals surface area contributed by atoms with Crippen molar-refractivity contribution in [2.45, 2.75) is 12.1 Å². The van der Waals surface area contributed by atoms with Gasteiger partial charge in [-0.05, 0) is 70.8 Å². The zero-order valence-corrected chi connectivity index (χ0v) is 25.3. The number of sulfonamides is 1. The first-order valence-electron chi connectivity index (χ1n) is 13.1. The molecule has 0 unspecified atom stereocenters. The summed E-state index contributed by atoms with van der Waals surface area (Å²) < 4.78 is 64.8. The Bertz CT molecular complexity index is 2010. The Labute approximate surface area is 266 Å². The Morgan fingerprint density at radius 1 is 0.911 bits per heavy atom. The number of nitrogens with one attached hydrogen (secondary N) is 1. The average Bonchev–Trinajstić information content (AvgIpc) is 3.38. The van der Waals surface area contributed by atoms with Crippen LogP contribution < -0.4 is 4.72 Å². The summed E-state index contributed by atoms with van der Waals surface area (Å²) in [5.41, 5.74) is -1.36. The van der Waals surface area contributed by atoms with Gasteiger partial charge in [0.15, 0.2) is 0 Å². The van der Waals surface area contributed by atoms with Gasteiger partial charge in [-0.15, -0.1) is 0 Å². The second kappa shape index (κ2) is 12.8. The minimum absolute atomic E-state index is 0.177. The van der Waals surface area contributed by atoms with Crippen LogP contribution in [-0.4, -0.2) is 34.6 Å². The number of anilines is 1. The maximum atomic E-state index is 12.8. The van der Waals surface area contributed by atoms with E-state index in [1.54, 1.807) is 71.5 Å². The van der Waals surface area contributed by atoms with E-state index in [9.17, 15) is 31.5 Å². The molecule has 0 radical (unpaired) electrons. The number of imidazole rings is 1. The molecule has 0 spiro atoms. The highest BCUT2D eigenvalue weighted by atomic mass is 35.5. The summed E-state index contributed by atoms with van der Waals surface area (Å²) >= 11 is 12.5. The molecule has 0 atom stereocenters. The third-order valence-corrected chi connectivity index (χ3v) is 8.32. The van der Waals surface area contributed by atoms with Crippen LogP contribution in [0, 0.1) is 0 Å². The molecule has 0 saturated heterocycles. The van der Waals surface area contributed by atoms with E-state index in [0.29, 0.717) is 44.8 Å². The van der Waals surface area contributed by atoms with Crippen molar-refractivity contribution in [1.82, 2.24) is 9.55 Å². The Morgan fingerprint density at radius 2 is 1.62 bits per heavy atom. The SMILES string of the molecule is O=C(O)c1ccc(Cn2cc(-c3ccc(Cl)cc3Cl)nc2/C=C/c2ccc(-c3cccc(NS(=O)(=O)C(F)(F)F)c3)cc2)cc1. The minimum Gasteiger partial charge on any atom is -0.478 e. The lowest BCUT2D eigenvalue weighted by Crippen LogP contribution is -2.29. The highest BCUT2D eigenvalue weighted by molar-refractivity contribution is 7.93. The van der Waals surface area contributed by atoms with Crippen LogP contribution in [0.25, 0.3) is 34.5 Å². The normalized spacial score (nSPS) is 12.0. The Balaban J connectivity index is 1.41. The summed E-state index contributed by atoms with van der Waals surface area (Å²) in [6.45, 7) is 0.394. The molecule has 0 aliphatic heterocycles. The monoisotopic (exact) mass is 671 g/mol. The topological polar surface area (TPSA) is 101 Å². The molecule has 0 fully saturated rings. The minimum atomic E-state index is -5.54. The molecule has 7 nitrogen and oxygen atoms in total. The summed E-state index contributed by atoms with van der Waals surface area (Å²) in [7, 11) is -5.54. The fourth-order valence-corrected chi connectivity index (χ4v) is 5.46. The molecule has 1 aromatic heterocycles. The number of hydrogen-bond acceptors (Lipinski definition) is 4. The number of aromatic carboxylic acids is 1. The van der Waals surface area contributed by atoms with E-state index in [1.165, 1.54) is 30.3 Å². The summed E-state index contributed by atoms with van der Waals surface area (Å²) in [5, 5.41) is 10.1. The molecule has 1 heterocycles. The number of nitrogens with zero attached hydrogens (tertiary/aromatic N) is 2. The lowest BCUT2D eigenvalue weighted by Gasteiger charge is -2.11. The third-order valence-electron chi connectivity index (χ3n) is 6.66. The van der Waals surface area contributed by atoms with Crippen molar-refractivity contribution < 1.29 is 31.5 Å². The fraction of sp³-hybridized carbons (Fsp3) is 0.0625. The van der Waals surface area contributed by atoms with Gasteiger partial charge in [0.2, 0.25) is 0 Å². The van der Waals surface area contributed by atoms with Crippen molar-refractivity contribution >= 4 is 57.0 Å². The van der Waals surface area contributed by atoms with Crippen LogP contribution >= 0.6 is 23.2 Å².